The van der Waals surface area contributed by atoms with Gasteiger partial charge in [-0.1, -0.05) is 35.7 Å². The standard InChI is InChI=1S/C25H30ClN5OS/c1-29(2)9-4-12-33-30-10-11-31(22(32)16-30)19-6-3-5-18(13-19)21-15-28-25-23(24(21)26)20(14-27-25)17-7-8-17/h3,5-6,13-15,17H,4,7-12,16H2,1-2H3,(H,27,28). The Labute approximate surface area is 204 Å². The van der Waals surface area contributed by atoms with E-state index in [0.29, 0.717) is 19.0 Å². The highest BCUT2D eigenvalue weighted by atomic mass is 35.5. The quantitative estimate of drug-likeness (QED) is 0.360. The molecule has 3 heterocycles. The van der Waals surface area contributed by atoms with Crippen molar-refractivity contribution in [3.63, 3.8) is 0 Å². The summed E-state index contributed by atoms with van der Waals surface area (Å²) in [7, 11) is 4.18. The van der Waals surface area contributed by atoms with Gasteiger partial charge in [0.05, 0.1) is 11.6 Å². The maximum absolute atomic E-state index is 12.9. The molecule has 0 atom stereocenters. The van der Waals surface area contributed by atoms with Gasteiger partial charge in [0.2, 0.25) is 5.91 Å². The zero-order valence-electron chi connectivity index (χ0n) is 19.2. The second kappa shape index (κ2) is 9.66. The summed E-state index contributed by atoms with van der Waals surface area (Å²) >= 11 is 8.69. The Morgan fingerprint density at radius 2 is 2.12 bits per heavy atom. The number of H-pyrrole nitrogens is 1. The predicted octanol–water partition coefficient (Wildman–Crippen LogP) is 5.01. The molecule has 8 heteroatoms. The lowest BCUT2D eigenvalue weighted by Crippen LogP contribution is -2.48. The molecule has 0 unspecified atom stereocenters. The molecule has 1 saturated heterocycles. The fourth-order valence-electron chi connectivity index (χ4n) is 4.45. The van der Waals surface area contributed by atoms with Crippen molar-refractivity contribution in [2.75, 3.05) is 50.9 Å². The number of hydrogen-bond acceptors (Lipinski definition) is 5. The molecule has 0 spiro atoms. The van der Waals surface area contributed by atoms with Gasteiger partial charge < -0.3 is 14.8 Å². The molecule has 1 aliphatic carbocycles. The molecule has 1 amide bonds. The minimum absolute atomic E-state index is 0.139. The van der Waals surface area contributed by atoms with Crippen molar-refractivity contribution in [2.45, 2.75) is 25.2 Å². The van der Waals surface area contributed by atoms with Crippen LogP contribution in [0.4, 0.5) is 5.69 Å². The Bertz CT molecular complexity index is 1160. The van der Waals surface area contributed by atoms with Gasteiger partial charge in [0.1, 0.15) is 5.65 Å². The molecule has 2 fully saturated rings. The average molecular weight is 484 g/mol. The first-order chi connectivity index (χ1) is 16.0. The summed E-state index contributed by atoms with van der Waals surface area (Å²) in [6, 6.07) is 8.12. The molecule has 1 N–H and O–H groups in total. The Kier molecular flexibility index (Phi) is 6.65. The van der Waals surface area contributed by atoms with E-state index in [1.54, 1.807) is 11.9 Å². The van der Waals surface area contributed by atoms with Gasteiger partial charge in [-0.3, -0.25) is 4.79 Å². The Hall–Kier alpha value is -2.06. The fraction of sp³-hybridized carbons (Fsp3) is 0.440. The fourth-order valence-corrected chi connectivity index (χ4v) is 5.73. The lowest BCUT2D eigenvalue weighted by Gasteiger charge is -2.33. The third kappa shape index (κ3) is 4.92. The molecule has 0 bridgehead atoms. The Morgan fingerprint density at radius 3 is 2.88 bits per heavy atom. The summed E-state index contributed by atoms with van der Waals surface area (Å²) in [5.74, 6) is 1.77. The SMILES string of the molecule is CN(C)CCCSN1CCN(c2cccc(-c3cnc4[nH]cc(C5CC5)c4c3Cl)c2)C(=O)C1. The van der Waals surface area contributed by atoms with Crippen LogP contribution in [0.1, 0.15) is 30.7 Å². The van der Waals surface area contributed by atoms with Crippen LogP contribution in [0.3, 0.4) is 0 Å². The van der Waals surface area contributed by atoms with E-state index in [1.165, 1.54) is 18.4 Å². The van der Waals surface area contributed by atoms with E-state index in [0.717, 1.165) is 58.1 Å². The smallest absolute Gasteiger partial charge is 0.242 e. The van der Waals surface area contributed by atoms with Gasteiger partial charge in [-0.05, 0) is 69.1 Å². The molecular formula is C25H30ClN5OS. The molecular weight excluding hydrogens is 454 g/mol. The van der Waals surface area contributed by atoms with E-state index in [9.17, 15) is 4.79 Å². The number of rotatable bonds is 8. The molecule has 1 saturated carbocycles. The van der Waals surface area contributed by atoms with Crippen molar-refractivity contribution in [1.82, 2.24) is 19.2 Å². The van der Waals surface area contributed by atoms with Crippen molar-refractivity contribution in [2.24, 2.45) is 0 Å². The predicted molar refractivity (Wildman–Crippen MR) is 138 cm³/mol. The molecule has 5 rings (SSSR count). The molecule has 1 aliphatic heterocycles. The van der Waals surface area contributed by atoms with Gasteiger partial charge in [0, 0.05) is 47.9 Å². The van der Waals surface area contributed by atoms with E-state index >= 15 is 0 Å². The molecule has 3 aromatic rings. The van der Waals surface area contributed by atoms with Gasteiger partial charge in [-0.15, -0.1) is 0 Å². The number of nitrogens with zero attached hydrogens (tertiary/aromatic N) is 4. The largest absolute Gasteiger partial charge is 0.346 e. The van der Waals surface area contributed by atoms with Crippen LogP contribution in [0.5, 0.6) is 0 Å². The lowest BCUT2D eigenvalue weighted by atomic mass is 10.0. The van der Waals surface area contributed by atoms with Crippen molar-refractivity contribution in [1.29, 1.82) is 0 Å². The normalized spacial score (nSPS) is 17.5. The maximum atomic E-state index is 12.9. The number of piperazine rings is 1. The zero-order chi connectivity index (χ0) is 22.9. The summed E-state index contributed by atoms with van der Waals surface area (Å²) in [6.07, 6.45) is 7.44. The average Bonchev–Trinajstić information content (AvgIpc) is 3.55. The number of carbonyl (C=O) groups excluding carboxylic acids is 1. The van der Waals surface area contributed by atoms with E-state index in [4.69, 9.17) is 11.6 Å². The van der Waals surface area contributed by atoms with Crippen LogP contribution in [0.15, 0.2) is 36.7 Å². The highest BCUT2D eigenvalue weighted by molar-refractivity contribution is 7.97. The van der Waals surface area contributed by atoms with Gasteiger partial charge in [-0.25, -0.2) is 9.29 Å². The van der Waals surface area contributed by atoms with Crippen molar-refractivity contribution >= 4 is 46.2 Å². The van der Waals surface area contributed by atoms with Crippen LogP contribution >= 0.6 is 23.5 Å². The van der Waals surface area contributed by atoms with Gasteiger partial charge in [-0.2, -0.15) is 0 Å². The van der Waals surface area contributed by atoms with Gasteiger partial charge in [0.25, 0.3) is 0 Å². The van der Waals surface area contributed by atoms with Crippen LogP contribution in [0, 0.1) is 0 Å². The van der Waals surface area contributed by atoms with Crippen LogP contribution < -0.4 is 4.90 Å². The van der Waals surface area contributed by atoms with Crippen molar-refractivity contribution in [3.8, 4) is 11.1 Å². The van der Waals surface area contributed by atoms with Gasteiger partial charge >= 0.3 is 0 Å². The van der Waals surface area contributed by atoms with E-state index in [1.807, 2.05) is 29.3 Å². The van der Waals surface area contributed by atoms with Crippen molar-refractivity contribution in [3.05, 3.63) is 47.2 Å². The van der Waals surface area contributed by atoms with E-state index < -0.39 is 0 Å². The first-order valence-electron chi connectivity index (χ1n) is 11.6. The Balaban J connectivity index is 1.32. The molecule has 174 valence electrons. The second-order valence-corrected chi connectivity index (χ2v) is 10.7. The van der Waals surface area contributed by atoms with Crippen LogP contribution in [0.2, 0.25) is 5.02 Å². The highest BCUT2D eigenvalue weighted by Crippen LogP contribution is 2.46. The third-order valence-electron chi connectivity index (χ3n) is 6.36. The second-order valence-electron chi connectivity index (χ2n) is 9.18. The molecule has 6 nitrogen and oxygen atoms in total. The maximum Gasteiger partial charge on any atom is 0.242 e. The van der Waals surface area contributed by atoms with Crippen LogP contribution in [-0.4, -0.2) is 71.1 Å². The van der Waals surface area contributed by atoms with Gasteiger partial charge in [0.15, 0.2) is 0 Å². The molecule has 1 aromatic carbocycles. The zero-order valence-corrected chi connectivity index (χ0v) is 20.8. The van der Waals surface area contributed by atoms with Crippen LogP contribution in [-0.2, 0) is 4.79 Å². The minimum Gasteiger partial charge on any atom is -0.346 e. The summed E-state index contributed by atoms with van der Waals surface area (Å²) in [6.45, 7) is 3.07. The number of fused-ring (bicyclic) bond motifs is 1. The first kappa shape index (κ1) is 22.7. The summed E-state index contributed by atoms with van der Waals surface area (Å²) in [4.78, 5) is 24.9. The van der Waals surface area contributed by atoms with E-state index in [-0.39, 0.29) is 5.91 Å². The summed E-state index contributed by atoms with van der Waals surface area (Å²) < 4.78 is 2.19. The number of anilines is 1. The number of aromatic nitrogens is 2. The number of amides is 1. The minimum atomic E-state index is 0.139. The number of benzene rings is 1. The third-order valence-corrected chi connectivity index (χ3v) is 7.90. The Morgan fingerprint density at radius 1 is 1.27 bits per heavy atom. The van der Waals surface area contributed by atoms with Crippen molar-refractivity contribution < 1.29 is 4.79 Å². The molecule has 0 radical (unpaired) electrons. The summed E-state index contributed by atoms with van der Waals surface area (Å²) in [5.41, 5.74) is 4.94. The summed E-state index contributed by atoms with van der Waals surface area (Å²) in [5, 5.41) is 1.78. The number of pyridine rings is 1. The number of carbonyl (C=O) groups is 1. The monoisotopic (exact) mass is 483 g/mol. The topological polar surface area (TPSA) is 55.5 Å². The number of halogens is 1. The first-order valence-corrected chi connectivity index (χ1v) is 12.9. The highest BCUT2D eigenvalue weighted by Gasteiger charge is 2.29. The van der Waals surface area contributed by atoms with Crippen LogP contribution in [0.25, 0.3) is 22.2 Å². The number of nitrogens with one attached hydrogen (secondary N) is 1. The molecule has 33 heavy (non-hydrogen) atoms. The molecule has 2 aliphatic rings. The number of aromatic amines is 1. The lowest BCUT2D eigenvalue weighted by molar-refractivity contribution is -0.119. The molecule has 2 aromatic heterocycles. The number of hydrogen-bond donors (Lipinski definition) is 1. The van der Waals surface area contributed by atoms with E-state index in [2.05, 4.69) is 45.5 Å².